The van der Waals surface area contributed by atoms with Gasteiger partial charge in [-0.2, -0.15) is 0 Å². The minimum atomic E-state index is -1.00. The fourth-order valence-electron chi connectivity index (χ4n) is 7.57. The van der Waals surface area contributed by atoms with Gasteiger partial charge >= 0.3 is 0 Å². The maximum absolute atomic E-state index is 13.4. The smallest absolute Gasteiger partial charge is 0.227 e. The van der Waals surface area contributed by atoms with E-state index in [1.54, 1.807) is 11.0 Å². The van der Waals surface area contributed by atoms with Gasteiger partial charge in [-0.05, 0) is 61.6 Å². The lowest BCUT2D eigenvalue weighted by Crippen LogP contribution is -2.78. The zero-order valence-corrected chi connectivity index (χ0v) is 20.1. The van der Waals surface area contributed by atoms with Crippen LogP contribution in [0.25, 0.3) is 0 Å². The predicted octanol–water partition coefficient (Wildman–Crippen LogP) is 2.38. The summed E-state index contributed by atoms with van der Waals surface area (Å²) < 4.78 is 6.56. The van der Waals surface area contributed by atoms with Crippen molar-refractivity contribution in [2.45, 2.75) is 61.3 Å². The average Bonchev–Trinajstić information content (AvgIpc) is 3.18. The molecule has 7 nitrogen and oxygen atoms in total. The number of nitrogens with two attached hydrogens (primary N) is 1. The van der Waals surface area contributed by atoms with Crippen molar-refractivity contribution in [2.75, 3.05) is 25.9 Å². The SMILES string of the molecule is C=CCN1CC[C@]23c4c5ccc(O)c4OC2C(N(C)C(=O)Cc2cccc(N)c2)CC[C@@]3(O)[C@H]1C5. The highest BCUT2D eigenvalue weighted by atomic mass is 16.5. The number of nitrogens with zero attached hydrogens (tertiary/aromatic N) is 2. The Labute approximate surface area is 205 Å². The van der Waals surface area contributed by atoms with Gasteiger partial charge in [-0.15, -0.1) is 6.58 Å². The summed E-state index contributed by atoms with van der Waals surface area (Å²) in [5.74, 6) is 0.586. The van der Waals surface area contributed by atoms with Crippen LogP contribution in [0.3, 0.4) is 0 Å². The number of aliphatic hydroxyl groups is 1. The van der Waals surface area contributed by atoms with E-state index in [0.29, 0.717) is 37.1 Å². The number of phenols is 1. The summed E-state index contributed by atoms with van der Waals surface area (Å²) in [6.45, 7) is 5.45. The van der Waals surface area contributed by atoms with Crippen LogP contribution in [0.2, 0.25) is 0 Å². The third-order valence-corrected chi connectivity index (χ3v) is 9.10. The zero-order chi connectivity index (χ0) is 24.5. The monoisotopic (exact) mass is 475 g/mol. The molecule has 7 heteroatoms. The van der Waals surface area contributed by atoms with E-state index in [4.69, 9.17) is 10.5 Å². The summed E-state index contributed by atoms with van der Waals surface area (Å²) in [5.41, 5.74) is 7.85. The number of carbonyl (C=O) groups is 1. The topological polar surface area (TPSA) is 99.3 Å². The molecular formula is C28H33N3O4. The number of benzene rings is 2. The van der Waals surface area contributed by atoms with E-state index in [1.165, 1.54) is 0 Å². The van der Waals surface area contributed by atoms with Gasteiger partial charge in [0.05, 0.1) is 23.5 Å². The second kappa shape index (κ2) is 7.73. The molecule has 5 atom stereocenters. The van der Waals surface area contributed by atoms with Gasteiger partial charge in [0.15, 0.2) is 11.5 Å². The van der Waals surface area contributed by atoms with Crippen LogP contribution in [0.4, 0.5) is 5.69 Å². The molecule has 2 heterocycles. The minimum Gasteiger partial charge on any atom is -0.504 e. The molecule has 2 aromatic carbocycles. The second-order valence-electron chi connectivity index (χ2n) is 10.7. The van der Waals surface area contributed by atoms with Crippen LogP contribution in [0.15, 0.2) is 49.1 Å². The van der Waals surface area contributed by atoms with Gasteiger partial charge in [0.1, 0.15) is 6.10 Å². The number of rotatable bonds is 5. The first-order valence-electron chi connectivity index (χ1n) is 12.5. The molecule has 0 radical (unpaired) electrons. The Kier molecular flexibility index (Phi) is 4.96. The quantitative estimate of drug-likeness (QED) is 0.454. The molecule has 2 aromatic rings. The number of piperidine rings is 1. The number of hydrogen-bond donors (Lipinski definition) is 3. The van der Waals surface area contributed by atoms with E-state index < -0.39 is 17.1 Å². The van der Waals surface area contributed by atoms with E-state index in [9.17, 15) is 15.0 Å². The Morgan fingerprint density at radius 2 is 2.17 bits per heavy atom. The maximum Gasteiger partial charge on any atom is 0.227 e. The van der Waals surface area contributed by atoms with Crippen molar-refractivity contribution in [2.24, 2.45) is 0 Å². The third kappa shape index (κ3) is 2.94. The zero-order valence-electron chi connectivity index (χ0n) is 20.1. The number of amides is 1. The first kappa shape index (κ1) is 22.4. The Morgan fingerprint density at radius 3 is 2.94 bits per heavy atom. The minimum absolute atomic E-state index is 0.0112. The van der Waals surface area contributed by atoms with E-state index in [1.807, 2.05) is 43.5 Å². The first-order chi connectivity index (χ1) is 16.8. The molecule has 2 fully saturated rings. The standard InChI is InChI=1S/C28H33N3O4/c1-3-12-31-13-11-27-24-18-7-8-21(32)25(24)35-26(27)20(9-10-28(27,34)22(31)16-18)30(2)23(33)15-17-5-4-6-19(29)14-17/h3-8,14,20,22,26,32,34H,1,9-13,15-16,29H2,2H3/t20?,22-,26?,27+,28-/m1/s1. The molecule has 2 aliphatic heterocycles. The van der Waals surface area contributed by atoms with Crippen LogP contribution in [0, 0.1) is 0 Å². The molecule has 6 rings (SSSR count). The van der Waals surface area contributed by atoms with Crippen LogP contribution in [-0.4, -0.2) is 69.8 Å². The molecule has 2 bridgehead atoms. The lowest BCUT2D eigenvalue weighted by atomic mass is 9.48. The first-order valence-corrected chi connectivity index (χ1v) is 12.5. The number of ether oxygens (including phenoxy) is 1. The maximum atomic E-state index is 13.4. The molecule has 4 N–H and O–H groups in total. The number of likely N-dealkylation sites (N-methyl/N-ethyl adjacent to an activating group) is 1. The summed E-state index contributed by atoms with van der Waals surface area (Å²) in [4.78, 5) is 17.5. The molecule has 184 valence electrons. The highest BCUT2D eigenvalue weighted by Gasteiger charge is 2.73. The molecule has 4 aliphatic rings. The lowest BCUT2D eigenvalue weighted by Gasteiger charge is -2.64. The summed E-state index contributed by atoms with van der Waals surface area (Å²) in [6, 6.07) is 10.8. The number of nitrogen functional groups attached to an aromatic ring is 1. The van der Waals surface area contributed by atoms with Crippen molar-refractivity contribution in [3.8, 4) is 11.5 Å². The third-order valence-electron chi connectivity index (χ3n) is 9.10. The molecule has 1 amide bonds. The van der Waals surface area contributed by atoms with Crippen molar-refractivity contribution in [1.82, 2.24) is 9.80 Å². The van der Waals surface area contributed by atoms with E-state index in [-0.39, 0.29) is 30.2 Å². The molecular weight excluding hydrogens is 442 g/mol. The van der Waals surface area contributed by atoms with Gasteiger partial charge < -0.3 is 25.6 Å². The average molecular weight is 476 g/mol. The highest BCUT2D eigenvalue weighted by molar-refractivity contribution is 5.79. The molecule has 35 heavy (non-hydrogen) atoms. The van der Waals surface area contributed by atoms with Crippen molar-refractivity contribution < 1.29 is 19.7 Å². The number of anilines is 1. The lowest BCUT2D eigenvalue weighted by molar-refractivity contribution is -0.198. The van der Waals surface area contributed by atoms with E-state index in [0.717, 1.165) is 29.8 Å². The van der Waals surface area contributed by atoms with Gasteiger partial charge in [0.2, 0.25) is 5.91 Å². The summed E-state index contributed by atoms with van der Waals surface area (Å²) in [5, 5.41) is 23.2. The Hall–Kier alpha value is -3.03. The van der Waals surface area contributed by atoms with Crippen LogP contribution >= 0.6 is 0 Å². The predicted molar refractivity (Wildman–Crippen MR) is 133 cm³/mol. The van der Waals surface area contributed by atoms with Crippen LogP contribution in [-0.2, 0) is 23.1 Å². The largest absolute Gasteiger partial charge is 0.504 e. The van der Waals surface area contributed by atoms with Gasteiger partial charge in [0, 0.05) is 30.9 Å². The molecule has 0 aromatic heterocycles. The number of hydrogen-bond acceptors (Lipinski definition) is 6. The van der Waals surface area contributed by atoms with Crippen LogP contribution < -0.4 is 10.5 Å². The summed E-state index contributed by atoms with van der Waals surface area (Å²) in [7, 11) is 1.83. The summed E-state index contributed by atoms with van der Waals surface area (Å²) in [6.07, 6.45) is 4.34. The van der Waals surface area contributed by atoms with E-state index in [2.05, 4.69) is 11.5 Å². The normalized spacial score (nSPS) is 32.5. The Morgan fingerprint density at radius 1 is 1.34 bits per heavy atom. The van der Waals surface area contributed by atoms with Gasteiger partial charge in [-0.3, -0.25) is 9.69 Å². The van der Waals surface area contributed by atoms with Gasteiger partial charge in [0.25, 0.3) is 0 Å². The van der Waals surface area contributed by atoms with Crippen molar-refractivity contribution in [3.05, 3.63) is 65.7 Å². The van der Waals surface area contributed by atoms with Gasteiger partial charge in [-0.1, -0.05) is 24.3 Å². The van der Waals surface area contributed by atoms with E-state index >= 15 is 0 Å². The highest BCUT2D eigenvalue weighted by Crippen LogP contribution is 2.65. The summed E-state index contributed by atoms with van der Waals surface area (Å²) >= 11 is 0. The van der Waals surface area contributed by atoms with Crippen molar-refractivity contribution in [3.63, 3.8) is 0 Å². The molecule has 1 saturated carbocycles. The molecule has 2 aliphatic carbocycles. The van der Waals surface area contributed by atoms with Crippen LogP contribution in [0.1, 0.15) is 36.0 Å². The van der Waals surface area contributed by atoms with Crippen molar-refractivity contribution in [1.29, 1.82) is 0 Å². The number of carbonyl (C=O) groups excluding carboxylic acids is 1. The Balaban J connectivity index is 1.40. The van der Waals surface area contributed by atoms with Crippen LogP contribution in [0.5, 0.6) is 11.5 Å². The Bertz CT molecular complexity index is 1210. The number of phenolic OH excluding ortho intramolecular Hbond substituents is 1. The number of aromatic hydroxyl groups is 1. The second-order valence-corrected chi connectivity index (χ2v) is 10.7. The fourth-order valence-corrected chi connectivity index (χ4v) is 7.57. The fraction of sp³-hybridized carbons (Fsp3) is 0.464. The van der Waals surface area contributed by atoms with Gasteiger partial charge in [-0.25, -0.2) is 0 Å². The van der Waals surface area contributed by atoms with Crippen molar-refractivity contribution >= 4 is 11.6 Å². The number of likely N-dealkylation sites (tertiary alicyclic amines) is 1. The molecule has 2 unspecified atom stereocenters. The molecule has 1 saturated heterocycles. The molecule has 1 spiro atoms.